The zero-order chi connectivity index (χ0) is 22.1. The zero-order valence-electron chi connectivity index (χ0n) is 18.0. The van der Waals surface area contributed by atoms with Crippen molar-refractivity contribution in [3.63, 3.8) is 0 Å². The van der Waals surface area contributed by atoms with E-state index in [4.69, 9.17) is 4.74 Å². The van der Waals surface area contributed by atoms with Crippen LogP contribution < -0.4 is 10.6 Å². The van der Waals surface area contributed by atoms with Gasteiger partial charge < -0.3 is 15.4 Å². The van der Waals surface area contributed by atoms with Gasteiger partial charge in [0.25, 0.3) is 11.8 Å². The van der Waals surface area contributed by atoms with E-state index in [1.807, 2.05) is 49.4 Å². The van der Waals surface area contributed by atoms with Crippen molar-refractivity contribution in [1.82, 2.24) is 10.6 Å². The van der Waals surface area contributed by atoms with E-state index in [2.05, 4.69) is 31.4 Å². The Morgan fingerprint density at radius 3 is 2.20 bits per heavy atom. The molecule has 0 radical (unpaired) electrons. The molecule has 0 saturated carbocycles. The normalized spacial score (nSPS) is 12.0. The third-order valence-corrected chi connectivity index (χ3v) is 4.67. The second kappa shape index (κ2) is 10.6. The molecule has 2 amide bonds. The lowest BCUT2D eigenvalue weighted by Gasteiger charge is -2.19. The topological polar surface area (TPSA) is 84.5 Å². The van der Waals surface area contributed by atoms with Crippen LogP contribution in [-0.2, 0) is 19.7 Å². The Hall–Kier alpha value is -3.15. The van der Waals surface area contributed by atoms with Gasteiger partial charge in [-0.05, 0) is 35.6 Å². The number of carbonyl (C=O) groups is 3. The van der Waals surface area contributed by atoms with Gasteiger partial charge in [0, 0.05) is 12.1 Å². The minimum atomic E-state index is -0.541. The molecule has 1 atom stereocenters. The lowest BCUT2D eigenvalue weighted by Crippen LogP contribution is -2.32. The summed E-state index contributed by atoms with van der Waals surface area (Å²) >= 11 is 0. The van der Waals surface area contributed by atoms with E-state index in [1.165, 1.54) is 0 Å². The quantitative estimate of drug-likeness (QED) is 0.652. The first-order chi connectivity index (χ1) is 14.2. The van der Waals surface area contributed by atoms with Crippen LogP contribution in [-0.4, -0.2) is 30.9 Å². The van der Waals surface area contributed by atoms with Gasteiger partial charge in [-0.3, -0.25) is 14.4 Å². The molecule has 2 aromatic carbocycles. The van der Waals surface area contributed by atoms with Crippen LogP contribution in [0.25, 0.3) is 0 Å². The molecule has 0 unspecified atom stereocenters. The minimum Gasteiger partial charge on any atom is -0.456 e. The van der Waals surface area contributed by atoms with Crippen LogP contribution in [0, 0.1) is 0 Å². The number of ether oxygens (including phenoxy) is 1. The van der Waals surface area contributed by atoms with E-state index in [0.29, 0.717) is 5.56 Å². The van der Waals surface area contributed by atoms with Gasteiger partial charge in [0.15, 0.2) is 6.61 Å². The van der Waals surface area contributed by atoms with Crippen molar-refractivity contribution in [2.75, 3.05) is 13.2 Å². The third-order valence-electron chi connectivity index (χ3n) is 4.67. The summed E-state index contributed by atoms with van der Waals surface area (Å²) in [6.45, 7) is 7.97. The highest BCUT2D eigenvalue weighted by Gasteiger charge is 2.15. The molecule has 2 N–H and O–H groups in total. The molecule has 0 aliphatic carbocycles. The number of carbonyl (C=O) groups excluding carboxylic acids is 3. The molecular weight excluding hydrogens is 380 g/mol. The molecular formula is C24H30N2O4. The fraction of sp³-hybridized carbons (Fsp3) is 0.375. The molecule has 2 aromatic rings. The molecule has 30 heavy (non-hydrogen) atoms. The van der Waals surface area contributed by atoms with Crippen molar-refractivity contribution in [2.24, 2.45) is 0 Å². The highest BCUT2D eigenvalue weighted by Crippen LogP contribution is 2.22. The Kier molecular flexibility index (Phi) is 8.16. The smallest absolute Gasteiger partial charge is 0.308 e. The van der Waals surface area contributed by atoms with Gasteiger partial charge >= 0.3 is 5.97 Å². The molecule has 160 valence electrons. The fourth-order valence-corrected chi connectivity index (χ4v) is 2.83. The zero-order valence-corrected chi connectivity index (χ0v) is 18.0. The van der Waals surface area contributed by atoms with E-state index in [9.17, 15) is 14.4 Å². The summed E-state index contributed by atoms with van der Waals surface area (Å²) in [5.74, 6) is -1.17. The van der Waals surface area contributed by atoms with Crippen LogP contribution in [0.15, 0.2) is 54.6 Å². The van der Waals surface area contributed by atoms with Crippen LogP contribution >= 0.6 is 0 Å². The summed E-state index contributed by atoms with van der Waals surface area (Å²) in [6.07, 6.45) is -0.00661. The minimum absolute atomic E-state index is 0.00661. The largest absolute Gasteiger partial charge is 0.456 e. The Balaban J connectivity index is 1.68. The highest BCUT2D eigenvalue weighted by atomic mass is 16.5. The molecule has 0 spiro atoms. The maximum atomic E-state index is 12.2. The van der Waals surface area contributed by atoms with Gasteiger partial charge in [-0.2, -0.15) is 0 Å². The standard InChI is InChI=1S/C24H30N2O4/c1-17(18-8-6-5-7-9-18)26-21(27)16-30-22(28)14-15-25-23(29)19-10-12-20(13-11-19)24(2,3)4/h5-13,17H,14-16H2,1-4H3,(H,25,29)(H,26,27)/t17-/m1/s1. The lowest BCUT2D eigenvalue weighted by atomic mass is 9.87. The predicted octanol–water partition coefficient (Wildman–Crippen LogP) is 3.52. The van der Waals surface area contributed by atoms with Crippen LogP contribution in [0.3, 0.4) is 0 Å². The van der Waals surface area contributed by atoms with Gasteiger partial charge in [0.1, 0.15) is 0 Å². The monoisotopic (exact) mass is 410 g/mol. The van der Waals surface area contributed by atoms with Crippen molar-refractivity contribution in [3.8, 4) is 0 Å². The molecule has 0 fully saturated rings. The Morgan fingerprint density at radius 2 is 1.60 bits per heavy atom. The average molecular weight is 411 g/mol. The summed E-state index contributed by atoms with van der Waals surface area (Å²) in [6, 6.07) is 16.7. The Bertz CT molecular complexity index is 855. The number of amides is 2. The van der Waals surface area contributed by atoms with Crippen LogP contribution in [0.2, 0.25) is 0 Å². The molecule has 6 nitrogen and oxygen atoms in total. The number of rotatable bonds is 8. The Labute approximate surface area is 178 Å². The van der Waals surface area contributed by atoms with Crippen molar-refractivity contribution >= 4 is 17.8 Å². The maximum absolute atomic E-state index is 12.2. The first-order valence-electron chi connectivity index (χ1n) is 10.1. The summed E-state index contributed by atoms with van der Waals surface area (Å²) < 4.78 is 4.98. The molecule has 0 aliphatic rings. The van der Waals surface area contributed by atoms with Crippen molar-refractivity contribution in [1.29, 1.82) is 0 Å². The molecule has 2 rings (SSSR count). The van der Waals surface area contributed by atoms with Gasteiger partial charge in [-0.1, -0.05) is 63.2 Å². The van der Waals surface area contributed by atoms with Crippen LogP contribution in [0.1, 0.15) is 61.6 Å². The van der Waals surface area contributed by atoms with E-state index < -0.39 is 5.97 Å². The van der Waals surface area contributed by atoms with E-state index in [1.54, 1.807) is 12.1 Å². The molecule has 0 saturated heterocycles. The van der Waals surface area contributed by atoms with Crippen LogP contribution in [0.5, 0.6) is 0 Å². The van der Waals surface area contributed by atoms with Gasteiger partial charge in [0.05, 0.1) is 12.5 Å². The van der Waals surface area contributed by atoms with Gasteiger partial charge in [-0.25, -0.2) is 0 Å². The number of hydrogen-bond donors (Lipinski definition) is 2. The lowest BCUT2D eigenvalue weighted by molar-refractivity contribution is -0.148. The highest BCUT2D eigenvalue weighted by molar-refractivity contribution is 5.94. The summed E-state index contributed by atoms with van der Waals surface area (Å²) in [7, 11) is 0. The number of benzene rings is 2. The third kappa shape index (κ3) is 7.35. The fourth-order valence-electron chi connectivity index (χ4n) is 2.83. The molecule has 0 aliphatic heterocycles. The van der Waals surface area contributed by atoms with E-state index in [-0.39, 0.29) is 42.8 Å². The summed E-state index contributed by atoms with van der Waals surface area (Å²) in [5.41, 5.74) is 2.66. The number of esters is 1. The second-order valence-corrected chi connectivity index (χ2v) is 8.19. The predicted molar refractivity (Wildman–Crippen MR) is 116 cm³/mol. The molecule has 6 heteroatoms. The van der Waals surface area contributed by atoms with Crippen molar-refractivity contribution < 1.29 is 19.1 Å². The average Bonchev–Trinajstić information content (AvgIpc) is 2.72. The Morgan fingerprint density at radius 1 is 0.967 bits per heavy atom. The van der Waals surface area contributed by atoms with Crippen LogP contribution in [0.4, 0.5) is 0 Å². The molecule has 0 heterocycles. The SMILES string of the molecule is C[C@@H](NC(=O)COC(=O)CCNC(=O)c1ccc(C(C)(C)C)cc1)c1ccccc1. The van der Waals surface area contributed by atoms with Gasteiger partial charge in [0.2, 0.25) is 0 Å². The first-order valence-corrected chi connectivity index (χ1v) is 10.1. The summed E-state index contributed by atoms with van der Waals surface area (Å²) in [5, 5.41) is 5.47. The van der Waals surface area contributed by atoms with Crippen molar-refractivity contribution in [3.05, 3.63) is 71.3 Å². The van der Waals surface area contributed by atoms with E-state index in [0.717, 1.165) is 11.1 Å². The summed E-state index contributed by atoms with van der Waals surface area (Å²) in [4.78, 5) is 35.9. The molecule has 0 bridgehead atoms. The first kappa shape index (κ1) is 23.1. The van der Waals surface area contributed by atoms with E-state index >= 15 is 0 Å². The van der Waals surface area contributed by atoms with Gasteiger partial charge in [-0.15, -0.1) is 0 Å². The number of nitrogens with one attached hydrogen (secondary N) is 2. The second-order valence-electron chi connectivity index (χ2n) is 8.19. The maximum Gasteiger partial charge on any atom is 0.308 e. The van der Waals surface area contributed by atoms with Crippen molar-refractivity contribution in [2.45, 2.75) is 45.6 Å². The molecule has 0 aromatic heterocycles. The number of hydrogen-bond acceptors (Lipinski definition) is 4.